The summed E-state index contributed by atoms with van der Waals surface area (Å²) in [5, 5.41) is 6.39. The molecule has 1 aliphatic heterocycles. The molecule has 6 heteroatoms. The van der Waals surface area contributed by atoms with Gasteiger partial charge >= 0.3 is 0 Å². The molecule has 0 bridgehead atoms. The molecule has 28 heavy (non-hydrogen) atoms. The largest absolute Gasteiger partial charge is 0.453 e. The van der Waals surface area contributed by atoms with Crippen molar-refractivity contribution in [2.45, 2.75) is 12.8 Å². The first kappa shape index (κ1) is 18.7. The van der Waals surface area contributed by atoms with E-state index in [0.29, 0.717) is 19.0 Å². The van der Waals surface area contributed by atoms with Crippen LogP contribution in [0.25, 0.3) is 33.3 Å². The highest BCUT2D eigenvalue weighted by molar-refractivity contribution is 6.17. The second kappa shape index (κ2) is 8.59. The van der Waals surface area contributed by atoms with Crippen molar-refractivity contribution < 1.29 is 4.42 Å². The van der Waals surface area contributed by atoms with Crippen LogP contribution < -0.4 is 16.4 Å². The summed E-state index contributed by atoms with van der Waals surface area (Å²) in [7, 11) is 0. The number of alkyl halides is 1. The Morgan fingerprint density at radius 1 is 1.07 bits per heavy atom. The normalized spacial score (nSPS) is 12.3. The average Bonchev–Trinajstić information content (AvgIpc) is 2.73. The Bertz CT molecular complexity index is 1140. The minimum absolute atomic E-state index is 0.630. The highest BCUT2D eigenvalue weighted by atomic mass is 35.5. The van der Waals surface area contributed by atoms with Gasteiger partial charge in [-0.3, -0.25) is 4.99 Å². The Morgan fingerprint density at radius 3 is 2.75 bits per heavy atom. The lowest BCUT2D eigenvalue weighted by Gasteiger charge is -2.12. The molecule has 4 rings (SSSR count). The van der Waals surface area contributed by atoms with Gasteiger partial charge in [-0.05, 0) is 31.5 Å². The Labute approximate surface area is 168 Å². The highest BCUT2D eigenvalue weighted by Crippen LogP contribution is 2.31. The zero-order chi connectivity index (χ0) is 19.3. The Kier molecular flexibility index (Phi) is 5.74. The maximum absolute atomic E-state index is 6.23. The first-order valence-corrected chi connectivity index (χ1v) is 10.1. The molecule has 0 radical (unpaired) electrons. The van der Waals surface area contributed by atoms with Gasteiger partial charge in [0, 0.05) is 47.6 Å². The molecular weight excluding hydrogens is 372 g/mol. The molecule has 0 saturated heterocycles. The van der Waals surface area contributed by atoms with Crippen LogP contribution in [0.15, 0.2) is 57.9 Å². The van der Waals surface area contributed by atoms with Gasteiger partial charge in [-0.2, -0.15) is 0 Å². The predicted octanol–water partition coefficient (Wildman–Crippen LogP) is 4.38. The van der Waals surface area contributed by atoms with Gasteiger partial charge < -0.3 is 15.5 Å². The van der Waals surface area contributed by atoms with Gasteiger partial charge in [-0.25, -0.2) is 4.98 Å². The smallest absolute Gasteiger partial charge is 0.155 e. The fraction of sp³-hybridized carbons (Fsp3) is 0.273. The number of aromatic nitrogens is 1. The average molecular weight is 395 g/mol. The molecule has 2 aromatic carbocycles. The monoisotopic (exact) mass is 394 g/mol. The van der Waals surface area contributed by atoms with E-state index in [0.717, 1.165) is 63.8 Å². The topological polar surface area (TPSA) is 76.4 Å². The molecular formula is C22H23ClN4O. The Balaban J connectivity index is 1.86. The van der Waals surface area contributed by atoms with E-state index in [2.05, 4.69) is 17.4 Å². The van der Waals surface area contributed by atoms with E-state index < -0.39 is 0 Å². The third-order valence-corrected chi connectivity index (χ3v) is 4.92. The SMILES string of the molecule is NCCCN=c1cc2oc3cc(NCCCCl)ccc3nc-2c2ccccc12. The fourth-order valence-corrected chi connectivity index (χ4v) is 3.40. The van der Waals surface area contributed by atoms with E-state index in [4.69, 9.17) is 31.7 Å². The van der Waals surface area contributed by atoms with Crippen molar-refractivity contribution in [3.63, 3.8) is 0 Å². The number of anilines is 1. The Hall–Kier alpha value is -2.63. The van der Waals surface area contributed by atoms with Crippen molar-refractivity contribution in [2.75, 3.05) is 30.8 Å². The van der Waals surface area contributed by atoms with Gasteiger partial charge in [-0.15, -0.1) is 11.6 Å². The molecule has 2 aromatic rings. The molecule has 0 unspecified atom stereocenters. The molecule has 3 N–H and O–H groups in total. The van der Waals surface area contributed by atoms with Gasteiger partial charge in [0.1, 0.15) is 11.2 Å². The lowest BCUT2D eigenvalue weighted by molar-refractivity contribution is 0.613. The van der Waals surface area contributed by atoms with E-state index in [1.807, 2.05) is 36.4 Å². The summed E-state index contributed by atoms with van der Waals surface area (Å²) in [5.74, 6) is 1.37. The van der Waals surface area contributed by atoms with Crippen LogP contribution in [0.4, 0.5) is 5.69 Å². The number of benzene rings is 3. The summed E-state index contributed by atoms with van der Waals surface area (Å²) < 4.78 is 6.23. The summed E-state index contributed by atoms with van der Waals surface area (Å²) >= 11 is 5.75. The van der Waals surface area contributed by atoms with E-state index in [1.54, 1.807) is 0 Å². The summed E-state index contributed by atoms with van der Waals surface area (Å²) in [5.41, 5.74) is 9.03. The van der Waals surface area contributed by atoms with Gasteiger partial charge in [0.2, 0.25) is 0 Å². The first-order valence-electron chi connectivity index (χ1n) is 9.57. The molecule has 5 nitrogen and oxygen atoms in total. The second-order valence-electron chi connectivity index (χ2n) is 6.68. The van der Waals surface area contributed by atoms with Gasteiger partial charge in [-0.1, -0.05) is 24.3 Å². The van der Waals surface area contributed by atoms with Crippen LogP contribution in [0.5, 0.6) is 0 Å². The molecule has 1 aliphatic carbocycles. The number of halogens is 1. The predicted molar refractivity (Wildman–Crippen MR) is 116 cm³/mol. The highest BCUT2D eigenvalue weighted by Gasteiger charge is 2.14. The number of nitrogens with two attached hydrogens (primary N) is 1. The number of hydrogen-bond acceptors (Lipinski definition) is 5. The van der Waals surface area contributed by atoms with Crippen LogP contribution in [-0.4, -0.2) is 30.5 Å². The number of fused-ring (bicyclic) bond motifs is 4. The van der Waals surface area contributed by atoms with Crippen LogP contribution in [0.2, 0.25) is 0 Å². The lowest BCUT2D eigenvalue weighted by Crippen LogP contribution is -2.09. The summed E-state index contributed by atoms with van der Waals surface area (Å²) in [6, 6.07) is 16.1. The summed E-state index contributed by atoms with van der Waals surface area (Å²) in [6.45, 7) is 2.15. The van der Waals surface area contributed by atoms with E-state index in [-0.39, 0.29) is 0 Å². The number of nitrogens with one attached hydrogen (secondary N) is 1. The van der Waals surface area contributed by atoms with Crippen LogP contribution in [0, 0.1) is 0 Å². The minimum Gasteiger partial charge on any atom is -0.453 e. The molecule has 1 heterocycles. The van der Waals surface area contributed by atoms with Crippen molar-refractivity contribution in [1.82, 2.24) is 4.98 Å². The quantitative estimate of drug-likeness (QED) is 0.211. The van der Waals surface area contributed by atoms with Crippen LogP contribution in [-0.2, 0) is 0 Å². The second-order valence-corrected chi connectivity index (χ2v) is 7.06. The number of hydrogen-bond donors (Lipinski definition) is 2. The maximum Gasteiger partial charge on any atom is 0.155 e. The van der Waals surface area contributed by atoms with Crippen LogP contribution in [0.3, 0.4) is 0 Å². The summed E-state index contributed by atoms with van der Waals surface area (Å²) in [6.07, 6.45) is 1.77. The first-order chi connectivity index (χ1) is 13.8. The standard InChI is InChI=1S/C22H23ClN4O/c23-9-3-11-25-15-7-8-18-20(13-15)28-21-14-19(26-12-4-10-24)16-5-1-2-6-17(16)22(21)27-18/h1-2,5-8,13-14,25H,3-4,9-12,24H2. The van der Waals surface area contributed by atoms with Crippen LogP contribution in [0.1, 0.15) is 12.8 Å². The Morgan fingerprint density at radius 2 is 1.93 bits per heavy atom. The van der Waals surface area contributed by atoms with Crippen molar-refractivity contribution in [1.29, 1.82) is 0 Å². The van der Waals surface area contributed by atoms with Crippen molar-refractivity contribution in [2.24, 2.45) is 10.7 Å². The number of rotatable bonds is 7. The van der Waals surface area contributed by atoms with Crippen LogP contribution >= 0.6 is 11.6 Å². The van der Waals surface area contributed by atoms with Gasteiger partial charge in [0.05, 0.1) is 5.36 Å². The zero-order valence-corrected chi connectivity index (χ0v) is 16.4. The molecule has 0 atom stereocenters. The van der Waals surface area contributed by atoms with Crippen molar-refractivity contribution >= 4 is 39.2 Å². The zero-order valence-electron chi connectivity index (χ0n) is 15.6. The lowest BCUT2D eigenvalue weighted by atomic mass is 10.0. The van der Waals surface area contributed by atoms with E-state index >= 15 is 0 Å². The minimum atomic E-state index is 0.630. The van der Waals surface area contributed by atoms with Gasteiger partial charge in [0.25, 0.3) is 0 Å². The molecule has 2 aliphatic rings. The molecule has 0 aromatic heterocycles. The third kappa shape index (κ3) is 3.81. The molecule has 0 saturated carbocycles. The maximum atomic E-state index is 6.23. The van der Waals surface area contributed by atoms with E-state index in [9.17, 15) is 0 Å². The van der Waals surface area contributed by atoms with Crippen molar-refractivity contribution in [3.8, 4) is 11.5 Å². The van der Waals surface area contributed by atoms with Crippen molar-refractivity contribution in [3.05, 3.63) is 53.9 Å². The third-order valence-electron chi connectivity index (χ3n) is 4.66. The molecule has 0 fully saturated rings. The molecule has 144 valence electrons. The fourth-order valence-electron chi connectivity index (χ4n) is 3.27. The summed E-state index contributed by atoms with van der Waals surface area (Å²) in [4.78, 5) is 9.61. The van der Waals surface area contributed by atoms with Gasteiger partial charge in [0.15, 0.2) is 11.3 Å². The van der Waals surface area contributed by atoms with E-state index in [1.165, 1.54) is 0 Å². The molecule has 0 spiro atoms. The number of nitrogens with zero attached hydrogens (tertiary/aromatic N) is 2. The molecule has 0 amide bonds.